The predicted molar refractivity (Wildman–Crippen MR) is 174 cm³/mol. The number of rotatable bonds is 28. The van der Waals surface area contributed by atoms with E-state index in [1.54, 1.807) is 6.92 Å². The first-order chi connectivity index (χ1) is 20.1. The van der Waals surface area contributed by atoms with E-state index in [2.05, 4.69) is 19.3 Å². The fourth-order valence-corrected chi connectivity index (χ4v) is 8.24. The SMILES string of the molecule is CCCCCCCCCCCCCCCC1CCO[Si](CCCSC(C)=O)(OCCOCCOCCCC)ONC1. The summed E-state index contributed by atoms with van der Waals surface area (Å²) in [5, 5.41) is 0.143. The van der Waals surface area contributed by atoms with Gasteiger partial charge < -0.3 is 18.3 Å². The molecule has 244 valence electrons. The minimum absolute atomic E-state index is 0.143. The van der Waals surface area contributed by atoms with E-state index in [-0.39, 0.29) is 5.12 Å². The van der Waals surface area contributed by atoms with Crippen LogP contribution < -0.4 is 5.48 Å². The van der Waals surface area contributed by atoms with Crippen LogP contribution in [-0.4, -0.2) is 65.9 Å². The number of hydrogen-bond donors (Lipinski definition) is 1. The molecule has 0 aliphatic carbocycles. The Balaban J connectivity index is 2.21. The molecule has 0 aromatic rings. The summed E-state index contributed by atoms with van der Waals surface area (Å²) >= 11 is 1.35. The summed E-state index contributed by atoms with van der Waals surface area (Å²) in [6.07, 6.45) is 23.3. The molecule has 7 nitrogen and oxygen atoms in total. The van der Waals surface area contributed by atoms with Gasteiger partial charge in [-0.1, -0.05) is 116 Å². The Kier molecular flexibility index (Phi) is 27.4. The van der Waals surface area contributed by atoms with Crippen molar-refractivity contribution >= 4 is 25.7 Å². The van der Waals surface area contributed by atoms with Crippen molar-refractivity contribution in [3.8, 4) is 0 Å². The fourth-order valence-electron chi connectivity index (χ4n) is 5.07. The molecule has 1 rings (SSSR count). The average molecular weight is 620 g/mol. The van der Waals surface area contributed by atoms with Crippen LogP contribution >= 0.6 is 11.8 Å². The maximum absolute atomic E-state index is 11.3. The number of carbonyl (C=O) groups excluding carboxylic acids is 1. The maximum Gasteiger partial charge on any atom is 0.518 e. The number of thioether (sulfide) groups is 1. The molecule has 41 heavy (non-hydrogen) atoms. The van der Waals surface area contributed by atoms with E-state index in [0.29, 0.717) is 45.0 Å². The summed E-state index contributed by atoms with van der Waals surface area (Å²) in [4.78, 5) is 11.3. The summed E-state index contributed by atoms with van der Waals surface area (Å²) in [7, 11) is -2.87. The third-order valence-corrected chi connectivity index (χ3v) is 11.3. The van der Waals surface area contributed by atoms with Crippen LogP contribution in [-0.2, 0) is 27.6 Å². The van der Waals surface area contributed by atoms with Gasteiger partial charge in [0.05, 0.1) is 26.4 Å². The van der Waals surface area contributed by atoms with Crippen molar-refractivity contribution in [3.05, 3.63) is 0 Å². The molecule has 0 saturated carbocycles. The molecule has 1 fully saturated rings. The Hall–Kier alpha value is -0.00312. The zero-order chi connectivity index (χ0) is 29.7. The molecule has 0 amide bonds. The van der Waals surface area contributed by atoms with Gasteiger partial charge in [0.25, 0.3) is 0 Å². The molecule has 9 heteroatoms. The molecule has 0 spiro atoms. The van der Waals surface area contributed by atoms with Gasteiger partial charge >= 0.3 is 8.80 Å². The van der Waals surface area contributed by atoms with Gasteiger partial charge in [-0.3, -0.25) is 9.32 Å². The van der Waals surface area contributed by atoms with Crippen molar-refractivity contribution < 1.29 is 27.6 Å². The number of hydroxylamine groups is 1. The smallest absolute Gasteiger partial charge is 0.379 e. The summed E-state index contributed by atoms with van der Waals surface area (Å²) in [6.45, 7) is 10.5. The molecule has 2 atom stereocenters. The second-order valence-electron chi connectivity index (χ2n) is 11.5. The maximum atomic E-state index is 11.3. The van der Waals surface area contributed by atoms with Crippen molar-refractivity contribution in [3.63, 3.8) is 0 Å². The molecule has 1 saturated heterocycles. The van der Waals surface area contributed by atoms with Gasteiger partial charge in [0.15, 0.2) is 5.12 Å². The quantitative estimate of drug-likeness (QED) is 0.0690. The molecule has 0 aromatic carbocycles. The van der Waals surface area contributed by atoms with Crippen LogP contribution in [0.5, 0.6) is 0 Å². The van der Waals surface area contributed by atoms with Crippen molar-refractivity contribution in [2.24, 2.45) is 5.92 Å². The summed E-state index contributed by atoms with van der Waals surface area (Å²) in [5.74, 6) is 1.33. The highest BCUT2D eigenvalue weighted by molar-refractivity contribution is 8.13. The third kappa shape index (κ3) is 24.1. The van der Waals surface area contributed by atoms with E-state index in [4.69, 9.17) is 22.9 Å². The second kappa shape index (κ2) is 28.7. The lowest BCUT2D eigenvalue weighted by atomic mass is 9.97. The lowest BCUT2D eigenvalue weighted by molar-refractivity contribution is -0.109. The Morgan fingerprint density at radius 1 is 0.780 bits per heavy atom. The van der Waals surface area contributed by atoms with Crippen molar-refractivity contribution in [2.45, 2.75) is 142 Å². The molecule has 1 aliphatic rings. The van der Waals surface area contributed by atoms with Gasteiger partial charge in [-0.15, -0.1) is 0 Å². The molecular formula is C32H65NO6SSi. The first-order valence-electron chi connectivity index (χ1n) is 17.1. The Morgan fingerprint density at radius 3 is 2.00 bits per heavy atom. The first-order valence-corrected chi connectivity index (χ1v) is 20.0. The van der Waals surface area contributed by atoms with E-state index < -0.39 is 8.80 Å². The van der Waals surface area contributed by atoms with Crippen molar-refractivity contribution in [1.29, 1.82) is 0 Å². The van der Waals surface area contributed by atoms with Crippen LogP contribution in [0.2, 0.25) is 6.04 Å². The van der Waals surface area contributed by atoms with Gasteiger partial charge in [0, 0.05) is 38.5 Å². The second-order valence-corrected chi connectivity index (χ2v) is 15.5. The normalized spacial score (nSPS) is 19.7. The van der Waals surface area contributed by atoms with Gasteiger partial charge in [-0.2, -0.15) is 0 Å². The average Bonchev–Trinajstić information content (AvgIpc) is 2.95. The number of ether oxygens (including phenoxy) is 2. The van der Waals surface area contributed by atoms with E-state index >= 15 is 0 Å². The highest BCUT2D eigenvalue weighted by Crippen LogP contribution is 2.24. The standard InChI is InChI=1S/C32H65NO6SSi/c1-4-6-8-9-10-11-12-13-14-15-16-17-18-20-32-21-23-37-41(39-33-30-32,29-19-28-40-31(3)34)38-27-26-36-25-24-35-22-7-5-2/h32-33H,4-30H2,1-3H3. The highest BCUT2D eigenvalue weighted by atomic mass is 32.2. The topological polar surface area (TPSA) is 75.3 Å². The number of unbranched alkanes of at least 4 members (excludes halogenated alkanes) is 13. The van der Waals surface area contributed by atoms with E-state index in [1.807, 2.05) is 0 Å². The van der Waals surface area contributed by atoms with E-state index in [9.17, 15) is 4.79 Å². The zero-order valence-corrected chi connectivity index (χ0v) is 28.8. The first kappa shape index (κ1) is 39.0. The minimum Gasteiger partial charge on any atom is -0.379 e. The minimum atomic E-state index is -2.87. The predicted octanol–water partition coefficient (Wildman–Crippen LogP) is 8.48. The Bertz CT molecular complexity index is 578. The van der Waals surface area contributed by atoms with Crippen LogP contribution in [0.15, 0.2) is 0 Å². The molecule has 1 aliphatic heterocycles. The van der Waals surface area contributed by atoms with Crippen LogP contribution in [0.4, 0.5) is 0 Å². The number of nitrogens with one attached hydrogen (secondary N) is 1. The van der Waals surface area contributed by atoms with Crippen LogP contribution in [0.3, 0.4) is 0 Å². The number of hydrogen-bond acceptors (Lipinski definition) is 8. The van der Waals surface area contributed by atoms with Crippen molar-refractivity contribution in [2.75, 3.05) is 51.9 Å². The lowest BCUT2D eigenvalue weighted by Crippen LogP contribution is -2.52. The fraction of sp³-hybridized carbons (Fsp3) is 0.969. The largest absolute Gasteiger partial charge is 0.518 e. The third-order valence-electron chi connectivity index (χ3n) is 7.66. The lowest BCUT2D eigenvalue weighted by Gasteiger charge is -2.33. The van der Waals surface area contributed by atoms with Gasteiger partial charge in [-0.05, 0) is 31.6 Å². The Labute approximate surface area is 258 Å². The van der Waals surface area contributed by atoms with Crippen LogP contribution in [0.1, 0.15) is 136 Å². The molecule has 0 aromatic heterocycles. The van der Waals surface area contributed by atoms with Gasteiger partial charge in [0.1, 0.15) is 0 Å². The molecule has 0 bridgehead atoms. The number of carbonyl (C=O) groups is 1. The van der Waals surface area contributed by atoms with Gasteiger partial charge in [0.2, 0.25) is 0 Å². The van der Waals surface area contributed by atoms with Crippen LogP contribution in [0.25, 0.3) is 0 Å². The molecule has 0 radical (unpaired) electrons. The van der Waals surface area contributed by atoms with E-state index in [1.165, 1.54) is 102 Å². The summed E-state index contributed by atoms with van der Waals surface area (Å²) < 4.78 is 30.0. The molecule has 1 N–H and O–H groups in total. The van der Waals surface area contributed by atoms with E-state index in [0.717, 1.165) is 44.6 Å². The molecule has 1 heterocycles. The summed E-state index contributed by atoms with van der Waals surface area (Å²) in [6, 6.07) is 0.698. The molecular weight excluding hydrogens is 555 g/mol. The van der Waals surface area contributed by atoms with Crippen LogP contribution in [0, 0.1) is 5.92 Å². The summed E-state index contributed by atoms with van der Waals surface area (Å²) in [5.41, 5.74) is 3.23. The van der Waals surface area contributed by atoms with Gasteiger partial charge in [-0.25, -0.2) is 5.48 Å². The van der Waals surface area contributed by atoms with Crippen molar-refractivity contribution in [1.82, 2.24) is 5.48 Å². The Morgan fingerprint density at radius 2 is 1.37 bits per heavy atom. The zero-order valence-electron chi connectivity index (χ0n) is 27.0. The highest BCUT2D eigenvalue weighted by Gasteiger charge is 2.42. The molecule has 2 unspecified atom stereocenters. The monoisotopic (exact) mass is 619 g/mol.